The monoisotopic (exact) mass is 669 g/mol. The summed E-state index contributed by atoms with van der Waals surface area (Å²) in [6.45, 7) is 0.0462. The molecule has 2 aliphatic carbocycles. The van der Waals surface area contributed by atoms with Crippen LogP contribution in [0.3, 0.4) is 0 Å². The summed E-state index contributed by atoms with van der Waals surface area (Å²) in [5, 5.41) is 0.979. The van der Waals surface area contributed by atoms with Crippen LogP contribution in [0.25, 0.3) is 11.1 Å². The molecule has 2 heterocycles. The van der Waals surface area contributed by atoms with Crippen LogP contribution in [0.2, 0.25) is 10.0 Å². The molecule has 5 aromatic rings. The third-order valence-corrected chi connectivity index (χ3v) is 10.8. The number of carbonyl (C=O) groups excluding carboxylic acids is 3. The summed E-state index contributed by atoms with van der Waals surface area (Å²) in [6.07, 6.45) is 0. The lowest BCUT2D eigenvalue weighted by molar-refractivity contribution is -0.130. The fraction of sp³-hybridized carbons (Fsp3) is 0.125. The van der Waals surface area contributed by atoms with Crippen molar-refractivity contribution in [2.75, 3.05) is 11.7 Å². The molecule has 8 heteroatoms. The highest BCUT2D eigenvalue weighted by molar-refractivity contribution is 6.39. The van der Waals surface area contributed by atoms with Crippen molar-refractivity contribution in [3.8, 4) is 11.5 Å². The third kappa shape index (κ3) is 3.62. The van der Waals surface area contributed by atoms with Crippen LogP contribution in [0.4, 0.5) is 5.69 Å². The van der Waals surface area contributed by atoms with Crippen LogP contribution in [-0.4, -0.2) is 24.4 Å². The average Bonchev–Trinajstić information content (AvgIpc) is 3.81. The summed E-state index contributed by atoms with van der Waals surface area (Å²) in [6, 6.07) is 38.6. The number of imide groups is 1. The maximum Gasteiger partial charge on any atom is 0.239 e. The number of Topliss-reactive ketones (excluding diaryl/α,β-unsaturated/α-hetero) is 1. The standard InChI is InChI=1S/C40H25Cl2NO5/c41-27-15-11-25(12-16-27)39-32(23-7-3-1-4-8-23)33(24-9-5-2-6-10-24)40(38(39)46,26-13-17-28(42)18-14-26)35-34(39)36(44)43(37(35)45)29-19-20-30-31(21-29)48-22-47-30/h1-21,34-35H,22H2/t34-,35-,39+,40+/m1/s1. The lowest BCUT2D eigenvalue weighted by Gasteiger charge is -2.39. The molecule has 0 radical (unpaired) electrons. The van der Waals surface area contributed by atoms with Crippen molar-refractivity contribution in [1.29, 1.82) is 0 Å². The van der Waals surface area contributed by atoms with Crippen molar-refractivity contribution >= 4 is 57.6 Å². The number of nitrogens with zero attached hydrogens (tertiary/aromatic N) is 1. The van der Waals surface area contributed by atoms with E-state index in [9.17, 15) is 0 Å². The zero-order valence-electron chi connectivity index (χ0n) is 25.2. The normalized spacial score (nSPS) is 25.3. The first-order valence-corrected chi connectivity index (χ1v) is 16.3. The van der Waals surface area contributed by atoms with Crippen molar-refractivity contribution in [1.82, 2.24) is 0 Å². The van der Waals surface area contributed by atoms with Gasteiger partial charge in [-0.25, -0.2) is 4.90 Å². The second-order valence-corrected chi connectivity index (χ2v) is 13.3. The molecule has 0 N–H and O–H groups in total. The van der Waals surface area contributed by atoms with Crippen LogP contribution in [0.1, 0.15) is 22.3 Å². The predicted octanol–water partition coefficient (Wildman–Crippen LogP) is 7.91. The average molecular weight is 671 g/mol. The first-order chi connectivity index (χ1) is 23.4. The molecular weight excluding hydrogens is 645 g/mol. The quantitative estimate of drug-likeness (QED) is 0.178. The Morgan fingerprint density at radius 1 is 0.562 bits per heavy atom. The number of ether oxygens (including phenoxy) is 2. The molecule has 9 rings (SSSR count). The van der Waals surface area contributed by atoms with Gasteiger partial charge in [0.2, 0.25) is 18.6 Å². The van der Waals surface area contributed by atoms with Gasteiger partial charge in [0.05, 0.1) is 28.4 Å². The van der Waals surface area contributed by atoms with Gasteiger partial charge in [-0.2, -0.15) is 0 Å². The van der Waals surface area contributed by atoms with Crippen LogP contribution in [0.15, 0.2) is 127 Å². The van der Waals surface area contributed by atoms with Gasteiger partial charge in [0.1, 0.15) is 0 Å². The highest BCUT2D eigenvalue weighted by Crippen LogP contribution is 2.74. The Labute approximate surface area is 286 Å². The number of halogens is 2. The van der Waals surface area contributed by atoms with Crippen molar-refractivity contribution < 1.29 is 23.9 Å². The van der Waals surface area contributed by atoms with E-state index < -0.39 is 34.5 Å². The molecule has 4 aliphatic rings. The van der Waals surface area contributed by atoms with Gasteiger partial charge >= 0.3 is 0 Å². The van der Waals surface area contributed by atoms with Crippen molar-refractivity contribution in [2.24, 2.45) is 11.8 Å². The Kier molecular flexibility index (Phi) is 6.29. The minimum absolute atomic E-state index is 0.0462. The van der Waals surface area contributed by atoms with Crippen LogP contribution >= 0.6 is 23.2 Å². The van der Waals surface area contributed by atoms with E-state index in [0.29, 0.717) is 49.5 Å². The molecule has 0 unspecified atom stereocenters. The minimum atomic E-state index is -1.54. The highest BCUT2D eigenvalue weighted by Gasteiger charge is 2.82. The van der Waals surface area contributed by atoms with E-state index in [4.69, 9.17) is 32.7 Å². The Bertz CT molecular complexity index is 2070. The van der Waals surface area contributed by atoms with Crippen molar-refractivity contribution in [3.63, 3.8) is 0 Å². The summed E-state index contributed by atoms with van der Waals surface area (Å²) < 4.78 is 11.1. The van der Waals surface area contributed by atoms with Crippen molar-refractivity contribution in [2.45, 2.75) is 10.8 Å². The highest BCUT2D eigenvalue weighted by atomic mass is 35.5. The lowest BCUT2D eigenvalue weighted by Crippen LogP contribution is -2.45. The predicted molar refractivity (Wildman–Crippen MR) is 183 cm³/mol. The van der Waals surface area contributed by atoms with Crippen LogP contribution < -0.4 is 14.4 Å². The Morgan fingerprint density at radius 3 is 1.50 bits per heavy atom. The second-order valence-electron chi connectivity index (χ2n) is 12.4. The second kappa shape index (κ2) is 10.4. The molecule has 0 aromatic heterocycles. The van der Waals surface area contributed by atoms with Crippen LogP contribution in [0, 0.1) is 11.8 Å². The number of rotatable bonds is 5. The van der Waals surface area contributed by atoms with Gasteiger partial charge in [0, 0.05) is 16.1 Å². The zero-order valence-corrected chi connectivity index (χ0v) is 26.7. The molecule has 6 nitrogen and oxygen atoms in total. The van der Waals surface area contributed by atoms with Gasteiger partial charge in [-0.3, -0.25) is 14.4 Å². The SMILES string of the molecule is O=C1[C@H]2[C@H](C(=O)N1c1ccc3c(c1)OCO3)[C@@]1(c3ccc(Cl)cc3)C(=O)[C@@]2(c2ccc(Cl)cc2)C(c2ccccc2)=C1c1ccccc1. The lowest BCUT2D eigenvalue weighted by atomic mass is 9.59. The largest absolute Gasteiger partial charge is 0.454 e. The molecule has 2 aliphatic heterocycles. The Morgan fingerprint density at radius 2 is 1.02 bits per heavy atom. The molecule has 48 heavy (non-hydrogen) atoms. The number of fused-ring (bicyclic) bond motifs is 6. The maximum atomic E-state index is 16.0. The number of allylic oxidation sites excluding steroid dienone is 2. The Balaban J connectivity index is 1.43. The topological polar surface area (TPSA) is 72.9 Å². The molecule has 1 saturated carbocycles. The van der Waals surface area contributed by atoms with Gasteiger partial charge in [-0.15, -0.1) is 0 Å². The third-order valence-electron chi connectivity index (χ3n) is 10.3. The molecule has 5 aromatic carbocycles. The van der Waals surface area contributed by atoms with E-state index in [1.165, 1.54) is 4.90 Å². The first-order valence-electron chi connectivity index (χ1n) is 15.6. The summed E-state index contributed by atoms with van der Waals surface area (Å²) in [4.78, 5) is 47.5. The molecule has 2 fully saturated rings. The smallest absolute Gasteiger partial charge is 0.239 e. The summed E-state index contributed by atoms with van der Waals surface area (Å²) in [5.41, 5.74) is 1.45. The maximum absolute atomic E-state index is 16.0. The van der Waals surface area contributed by atoms with E-state index in [1.807, 2.05) is 84.9 Å². The van der Waals surface area contributed by atoms with Gasteiger partial charge < -0.3 is 9.47 Å². The zero-order chi connectivity index (χ0) is 32.8. The van der Waals surface area contributed by atoms with Crippen LogP contribution in [0.5, 0.6) is 11.5 Å². The van der Waals surface area contributed by atoms with Gasteiger partial charge in [0.25, 0.3) is 0 Å². The van der Waals surface area contributed by atoms with Crippen LogP contribution in [-0.2, 0) is 25.2 Å². The van der Waals surface area contributed by atoms with E-state index in [1.54, 1.807) is 42.5 Å². The van der Waals surface area contributed by atoms with Gasteiger partial charge in [-0.1, -0.05) is 108 Å². The first kappa shape index (κ1) is 29.0. The van der Waals surface area contributed by atoms with Gasteiger partial charge in [-0.05, 0) is 69.8 Å². The van der Waals surface area contributed by atoms with E-state index in [0.717, 1.165) is 11.1 Å². The van der Waals surface area contributed by atoms with Crippen molar-refractivity contribution in [3.05, 3.63) is 160 Å². The summed E-state index contributed by atoms with van der Waals surface area (Å²) in [7, 11) is 0. The number of hydrogen-bond donors (Lipinski definition) is 0. The number of anilines is 1. The summed E-state index contributed by atoms with van der Waals surface area (Å²) in [5.74, 6) is -2.29. The fourth-order valence-corrected chi connectivity index (χ4v) is 8.89. The molecular formula is C40H25Cl2NO5. The Hall–Kier alpha value is -5.17. The molecule has 2 amide bonds. The fourth-order valence-electron chi connectivity index (χ4n) is 8.64. The minimum Gasteiger partial charge on any atom is -0.454 e. The number of hydrogen-bond acceptors (Lipinski definition) is 5. The molecule has 2 bridgehead atoms. The number of carbonyl (C=O) groups is 3. The number of amides is 2. The molecule has 0 spiro atoms. The van der Waals surface area contributed by atoms with E-state index in [-0.39, 0.29) is 12.6 Å². The molecule has 4 atom stereocenters. The number of ketones is 1. The number of benzene rings is 5. The van der Waals surface area contributed by atoms with Gasteiger partial charge in [0.15, 0.2) is 17.3 Å². The van der Waals surface area contributed by atoms with E-state index in [2.05, 4.69) is 0 Å². The summed E-state index contributed by atoms with van der Waals surface area (Å²) >= 11 is 12.8. The molecule has 1 saturated heterocycles. The van der Waals surface area contributed by atoms with E-state index >= 15 is 14.4 Å². The molecule has 234 valence electrons.